The molecule has 2 atom stereocenters. The molecule has 3 heterocycles. The maximum atomic E-state index is 11.5. The fourth-order valence-corrected chi connectivity index (χ4v) is 6.78. The van der Waals surface area contributed by atoms with Gasteiger partial charge in [-0.1, -0.05) is 77.8 Å². The number of halogens is 2. The van der Waals surface area contributed by atoms with Crippen LogP contribution >= 0.6 is 23.2 Å². The van der Waals surface area contributed by atoms with Crippen molar-refractivity contribution in [1.82, 2.24) is 26.3 Å². The summed E-state index contributed by atoms with van der Waals surface area (Å²) in [5.41, 5.74) is 5.84. The number of hydrogen-bond acceptors (Lipinski definition) is 7. The third kappa shape index (κ3) is 8.10. The Bertz CT molecular complexity index is 1770. The van der Waals surface area contributed by atoms with Crippen molar-refractivity contribution >= 4 is 35.0 Å². The summed E-state index contributed by atoms with van der Waals surface area (Å²) < 4.78 is 11.6. The van der Waals surface area contributed by atoms with Crippen LogP contribution in [0.25, 0.3) is 33.5 Å². The number of nitrogens with zero attached hydrogens (tertiary/aromatic N) is 1. The van der Waals surface area contributed by atoms with Crippen LogP contribution in [0.4, 0.5) is 0 Å². The van der Waals surface area contributed by atoms with Gasteiger partial charge in [-0.3, -0.25) is 9.59 Å². The third-order valence-corrected chi connectivity index (χ3v) is 9.49. The van der Waals surface area contributed by atoms with Crippen LogP contribution in [0.2, 0.25) is 10.0 Å². The number of carbonyl (C=O) groups is 2. The fraction of sp³-hybridized carbons (Fsp3) is 0.324. The zero-order valence-electron chi connectivity index (χ0n) is 26.8. The minimum absolute atomic E-state index is 0.103. The van der Waals surface area contributed by atoms with E-state index in [2.05, 4.69) is 21.3 Å². The van der Waals surface area contributed by atoms with Gasteiger partial charge in [-0.25, -0.2) is 4.98 Å². The van der Waals surface area contributed by atoms with Crippen molar-refractivity contribution in [2.45, 2.75) is 44.3 Å². The predicted octanol–water partition coefficient (Wildman–Crippen LogP) is 6.01. The molecule has 4 N–H and O–H groups in total. The van der Waals surface area contributed by atoms with E-state index in [1.54, 1.807) is 7.11 Å². The van der Waals surface area contributed by atoms with Crippen LogP contribution in [-0.4, -0.2) is 62.2 Å². The number of carbonyl (C=O) groups excluding carboxylic acids is 2. The molecule has 2 saturated heterocycles. The molecule has 1 aromatic heterocycles. The third-order valence-electron chi connectivity index (χ3n) is 8.68. The number of aromatic nitrogens is 1. The van der Waals surface area contributed by atoms with Gasteiger partial charge in [0.15, 0.2) is 0 Å². The summed E-state index contributed by atoms with van der Waals surface area (Å²) in [5.74, 6) is 1.51. The zero-order valence-corrected chi connectivity index (χ0v) is 28.3. The number of rotatable bonds is 14. The molecule has 250 valence electrons. The van der Waals surface area contributed by atoms with Crippen LogP contribution in [0.1, 0.15) is 31.2 Å². The first kappa shape index (κ1) is 33.7. The average Bonchev–Trinajstić information content (AvgIpc) is 3.72. The van der Waals surface area contributed by atoms with E-state index in [-0.39, 0.29) is 23.9 Å². The Morgan fingerprint density at radius 1 is 0.771 bits per heavy atom. The highest BCUT2D eigenvalue weighted by molar-refractivity contribution is 6.39. The average molecular weight is 689 g/mol. The Labute approximate surface area is 290 Å². The zero-order chi connectivity index (χ0) is 33.5. The molecule has 0 radical (unpaired) electrons. The summed E-state index contributed by atoms with van der Waals surface area (Å²) in [5, 5.41) is 13.8. The molecular weight excluding hydrogens is 649 g/mol. The molecule has 0 unspecified atom stereocenters. The highest BCUT2D eigenvalue weighted by Crippen LogP contribution is 2.42. The summed E-state index contributed by atoms with van der Waals surface area (Å²) in [6, 6.07) is 23.9. The van der Waals surface area contributed by atoms with E-state index in [1.807, 2.05) is 72.8 Å². The first-order valence-electron chi connectivity index (χ1n) is 16.2. The SMILES string of the molecule is COc1nc(-c2cccc(-c3cccc(-c4ccc(OCCNC[C@@H]5CCC(=O)N5)cc4)c3Cl)c2Cl)ccc1CNC[C@@H]1CCC(=O)N1. The van der Waals surface area contributed by atoms with Crippen molar-refractivity contribution in [3.05, 3.63) is 88.4 Å². The topological polar surface area (TPSA) is 114 Å². The molecule has 2 fully saturated rings. The van der Waals surface area contributed by atoms with Crippen molar-refractivity contribution < 1.29 is 19.1 Å². The van der Waals surface area contributed by atoms with Crippen LogP contribution < -0.4 is 30.7 Å². The molecule has 9 nitrogen and oxygen atoms in total. The Balaban J connectivity index is 1.12. The number of nitrogens with one attached hydrogen (secondary N) is 4. The molecule has 6 rings (SSSR count). The normalized spacial score (nSPS) is 17.3. The molecule has 2 amide bonds. The van der Waals surface area contributed by atoms with Crippen LogP contribution in [-0.2, 0) is 16.1 Å². The molecule has 0 bridgehead atoms. The molecule has 4 aromatic rings. The highest BCUT2D eigenvalue weighted by atomic mass is 35.5. The van der Waals surface area contributed by atoms with Gasteiger partial charge in [0.25, 0.3) is 0 Å². The molecule has 3 aromatic carbocycles. The largest absolute Gasteiger partial charge is 0.492 e. The quantitative estimate of drug-likeness (QED) is 0.120. The highest BCUT2D eigenvalue weighted by Gasteiger charge is 2.21. The van der Waals surface area contributed by atoms with E-state index in [4.69, 9.17) is 37.7 Å². The van der Waals surface area contributed by atoms with E-state index in [0.29, 0.717) is 60.7 Å². The van der Waals surface area contributed by atoms with Crippen molar-refractivity contribution in [2.75, 3.05) is 33.4 Å². The van der Waals surface area contributed by atoms with Crippen LogP contribution in [0, 0.1) is 0 Å². The Morgan fingerprint density at radius 3 is 2.00 bits per heavy atom. The monoisotopic (exact) mass is 687 g/mol. The van der Waals surface area contributed by atoms with Crippen LogP contribution in [0.5, 0.6) is 11.6 Å². The van der Waals surface area contributed by atoms with E-state index >= 15 is 0 Å². The number of amides is 2. The van der Waals surface area contributed by atoms with Gasteiger partial charge in [0.05, 0.1) is 22.8 Å². The molecule has 0 spiro atoms. The lowest BCUT2D eigenvalue weighted by atomic mass is 9.96. The lowest BCUT2D eigenvalue weighted by Gasteiger charge is -2.16. The summed E-state index contributed by atoms with van der Waals surface area (Å²) >= 11 is 14.1. The summed E-state index contributed by atoms with van der Waals surface area (Å²) in [6.45, 7) is 3.20. The van der Waals surface area contributed by atoms with Gasteiger partial charge < -0.3 is 30.7 Å². The first-order chi connectivity index (χ1) is 23.4. The molecular formula is C37H39Cl2N5O4. The minimum Gasteiger partial charge on any atom is -0.492 e. The van der Waals surface area contributed by atoms with E-state index in [0.717, 1.165) is 58.5 Å². The van der Waals surface area contributed by atoms with Gasteiger partial charge in [0, 0.05) is 78.9 Å². The minimum atomic E-state index is 0.103. The molecule has 0 aliphatic carbocycles. The van der Waals surface area contributed by atoms with E-state index < -0.39 is 0 Å². The summed E-state index contributed by atoms with van der Waals surface area (Å²) in [4.78, 5) is 27.6. The standard InChI is InChI=1S/C37H39Cl2N5O4/c1-47-37-24(20-41-22-26-12-17-34(46)43-26)10-15-32(44-37)31-7-3-6-30(36(31)39)29-5-2-4-28(35(29)38)23-8-13-27(14-9-23)48-19-18-40-21-25-11-16-33(45)42-25/h2-10,13-15,25-26,40-41H,11-12,16-22H2,1H3,(H,42,45)(H,43,46)/t25-,26-/m0/s1. The Kier molecular flexibility index (Phi) is 11.1. The van der Waals surface area contributed by atoms with Gasteiger partial charge in [-0.05, 0) is 36.6 Å². The number of hydrogen-bond donors (Lipinski definition) is 4. The fourth-order valence-electron chi connectivity index (χ4n) is 6.12. The molecule has 0 saturated carbocycles. The maximum absolute atomic E-state index is 11.5. The van der Waals surface area contributed by atoms with Gasteiger partial charge in [0.2, 0.25) is 17.7 Å². The predicted molar refractivity (Wildman–Crippen MR) is 190 cm³/mol. The smallest absolute Gasteiger partial charge is 0.220 e. The van der Waals surface area contributed by atoms with Crippen molar-refractivity contribution in [3.8, 4) is 45.1 Å². The number of benzene rings is 3. The lowest BCUT2D eigenvalue weighted by Crippen LogP contribution is -2.37. The number of methoxy groups -OCH3 is 1. The second-order valence-electron chi connectivity index (χ2n) is 12.0. The van der Waals surface area contributed by atoms with Crippen molar-refractivity contribution in [2.24, 2.45) is 0 Å². The summed E-state index contributed by atoms with van der Waals surface area (Å²) in [7, 11) is 1.60. The van der Waals surface area contributed by atoms with Gasteiger partial charge in [-0.2, -0.15) is 0 Å². The Hall–Kier alpha value is -4.15. The summed E-state index contributed by atoms with van der Waals surface area (Å²) in [6.07, 6.45) is 2.90. The van der Waals surface area contributed by atoms with Crippen LogP contribution in [0.15, 0.2) is 72.8 Å². The van der Waals surface area contributed by atoms with Crippen molar-refractivity contribution in [1.29, 1.82) is 0 Å². The second-order valence-corrected chi connectivity index (χ2v) is 12.8. The molecule has 11 heteroatoms. The molecule has 2 aliphatic heterocycles. The lowest BCUT2D eigenvalue weighted by molar-refractivity contribution is -0.120. The number of ether oxygens (including phenoxy) is 2. The molecule has 48 heavy (non-hydrogen) atoms. The van der Waals surface area contributed by atoms with Crippen molar-refractivity contribution in [3.63, 3.8) is 0 Å². The van der Waals surface area contributed by atoms with Gasteiger partial charge in [0.1, 0.15) is 12.4 Å². The van der Waals surface area contributed by atoms with Gasteiger partial charge in [-0.15, -0.1) is 0 Å². The van der Waals surface area contributed by atoms with Crippen LogP contribution in [0.3, 0.4) is 0 Å². The first-order valence-corrected chi connectivity index (χ1v) is 17.0. The second kappa shape index (κ2) is 15.8. The number of pyridine rings is 1. The molecule has 2 aliphatic rings. The maximum Gasteiger partial charge on any atom is 0.220 e. The van der Waals surface area contributed by atoms with Gasteiger partial charge >= 0.3 is 0 Å². The Morgan fingerprint density at radius 2 is 1.38 bits per heavy atom. The van der Waals surface area contributed by atoms with E-state index in [1.165, 1.54) is 0 Å². The van der Waals surface area contributed by atoms with E-state index in [9.17, 15) is 9.59 Å².